The molecule has 2 nitrogen and oxygen atoms in total. The smallest absolute Gasteiger partial charge is 0.0397 e. The van der Waals surface area contributed by atoms with Gasteiger partial charge in [-0.1, -0.05) is 78.1 Å². The van der Waals surface area contributed by atoms with E-state index in [-0.39, 0.29) is 0 Å². The van der Waals surface area contributed by atoms with Gasteiger partial charge in [0.2, 0.25) is 0 Å². The topological polar surface area (TPSA) is 16.1 Å². The van der Waals surface area contributed by atoms with Crippen LogP contribution in [0.3, 0.4) is 0 Å². The summed E-state index contributed by atoms with van der Waals surface area (Å²) in [6.45, 7) is 6.97. The third-order valence-electron chi connectivity index (χ3n) is 4.59. The lowest BCUT2D eigenvalue weighted by molar-refractivity contribution is 0.575. The molecule has 0 fully saturated rings. The largest absolute Gasteiger partial charge is 0.371 e. The molecule has 0 radical (unpaired) electrons. The van der Waals surface area contributed by atoms with Gasteiger partial charge in [-0.25, -0.2) is 0 Å². The van der Waals surface area contributed by atoms with E-state index in [4.69, 9.17) is 0 Å². The molecule has 0 saturated carbocycles. The molecule has 0 saturated heterocycles. The molecule has 0 N–H and O–H groups in total. The van der Waals surface area contributed by atoms with E-state index in [1.807, 2.05) is 12.4 Å². The molecule has 1 aromatic heterocycles. The van der Waals surface area contributed by atoms with Crippen LogP contribution in [0.4, 0.5) is 5.69 Å². The quantitative estimate of drug-likeness (QED) is 0.338. The highest BCUT2D eigenvalue weighted by Gasteiger charge is 2.05. The van der Waals surface area contributed by atoms with E-state index in [0.29, 0.717) is 0 Å². The number of anilines is 1. The Bertz CT molecular complexity index is 334. The van der Waals surface area contributed by atoms with Crippen LogP contribution in [0.5, 0.6) is 0 Å². The summed E-state index contributed by atoms with van der Waals surface area (Å²) in [4.78, 5) is 6.73. The monoisotopic (exact) mass is 318 g/mol. The summed E-state index contributed by atoms with van der Waals surface area (Å²) < 4.78 is 0. The van der Waals surface area contributed by atoms with Crippen LogP contribution in [0, 0.1) is 0 Å². The van der Waals surface area contributed by atoms with Crippen LogP contribution in [0.25, 0.3) is 0 Å². The molecule has 0 aliphatic rings. The molecule has 1 aromatic rings. The Balaban J connectivity index is 2.26. The minimum absolute atomic E-state index is 1.20. The predicted molar refractivity (Wildman–Crippen MR) is 103 cm³/mol. The van der Waals surface area contributed by atoms with Gasteiger partial charge in [-0.15, -0.1) is 0 Å². The predicted octanol–water partition coefficient (Wildman–Crippen LogP) is 6.61. The molecule has 0 aliphatic heterocycles. The van der Waals surface area contributed by atoms with Gasteiger partial charge in [0.1, 0.15) is 0 Å². The average molecular weight is 319 g/mol. The zero-order valence-corrected chi connectivity index (χ0v) is 15.6. The molecule has 0 unspecified atom stereocenters. The van der Waals surface area contributed by atoms with E-state index in [1.165, 1.54) is 95.8 Å². The lowest BCUT2D eigenvalue weighted by Crippen LogP contribution is -2.25. The molecule has 0 atom stereocenters. The maximum Gasteiger partial charge on any atom is 0.0397 e. The van der Waals surface area contributed by atoms with Gasteiger partial charge >= 0.3 is 0 Å². The molecule has 0 aromatic carbocycles. The van der Waals surface area contributed by atoms with E-state index in [9.17, 15) is 0 Å². The summed E-state index contributed by atoms with van der Waals surface area (Å²) in [7, 11) is 0. The van der Waals surface area contributed by atoms with Gasteiger partial charge in [0.05, 0.1) is 0 Å². The number of hydrogen-bond donors (Lipinski definition) is 0. The lowest BCUT2D eigenvalue weighted by atomic mass is 10.1. The molecule has 2 heteroatoms. The van der Waals surface area contributed by atoms with Gasteiger partial charge in [-0.2, -0.15) is 0 Å². The normalized spacial score (nSPS) is 10.9. The van der Waals surface area contributed by atoms with Gasteiger partial charge in [0, 0.05) is 31.2 Å². The van der Waals surface area contributed by atoms with Crippen molar-refractivity contribution in [3.63, 3.8) is 0 Å². The number of rotatable bonds is 15. The highest BCUT2D eigenvalue weighted by Crippen LogP contribution is 2.16. The van der Waals surface area contributed by atoms with Crippen molar-refractivity contribution in [2.45, 2.75) is 90.9 Å². The van der Waals surface area contributed by atoms with Crippen molar-refractivity contribution < 1.29 is 0 Å². The zero-order valence-electron chi connectivity index (χ0n) is 15.6. The molecule has 1 heterocycles. The minimum atomic E-state index is 1.20. The van der Waals surface area contributed by atoms with Crippen molar-refractivity contribution in [2.24, 2.45) is 0 Å². The Labute approximate surface area is 144 Å². The molecular formula is C21H38N2. The van der Waals surface area contributed by atoms with E-state index in [1.54, 1.807) is 0 Å². The molecular weight excluding hydrogens is 280 g/mol. The van der Waals surface area contributed by atoms with Crippen LogP contribution in [0.2, 0.25) is 0 Å². The standard InChI is InChI=1S/C21H38N2/c1-3-5-7-9-11-13-19-23(21-15-17-22-18-16-21)20-14-12-10-8-6-4-2/h15-18H,3-14,19-20H2,1-2H3. The highest BCUT2D eigenvalue weighted by atomic mass is 15.1. The number of unbranched alkanes of at least 4 members (excludes halogenated alkanes) is 10. The van der Waals surface area contributed by atoms with Crippen LogP contribution in [-0.2, 0) is 0 Å². The van der Waals surface area contributed by atoms with Crippen LogP contribution in [-0.4, -0.2) is 18.1 Å². The average Bonchev–Trinajstić information content (AvgIpc) is 2.60. The molecule has 0 aliphatic carbocycles. The summed E-state index contributed by atoms with van der Waals surface area (Å²) in [5.41, 5.74) is 1.35. The minimum Gasteiger partial charge on any atom is -0.371 e. The molecule has 0 spiro atoms. The SMILES string of the molecule is CCCCCCCCN(CCCCCCCC)c1ccncc1. The summed E-state index contributed by atoms with van der Waals surface area (Å²) in [5, 5.41) is 0. The summed E-state index contributed by atoms with van der Waals surface area (Å²) >= 11 is 0. The fraction of sp³-hybridized carbons (Fsp3) is 0.762. The van der Waals surface area contributed by atoms with Crippen molar-refractivity contribution in [2.75, 3.05) is 18.0 Å². The number of pyridine rings is 1. The van der Waals surface area contributed by atoms with Crippen molar-refractivity contribution >= 4 is 5.69 Å². The zero-order chi connectivity index (χ0) is 16.6. The summed E-state index contributed by atoms with van der Waals surface area (Å²) in [6.07, 6.45) is 20.3. The molecule has 132 valence electrons. The van der Waals surface area contributed by atoms with Crippen LogP contribution in [0.1, 0.15) is 90.9 Å². The number of aromatic nitrogens is 1. The second kappa shape index (κ2) is 14.5. The van der Waals surface area contributed by atoms with Crippen LogP contribution < -0.4 is 4.90 Å². The Morgan fingerprint density at radius 1 is 0.652 bits per heavy atom. The molecule has 0 bridgehead atoms. The molecule has 23 heavy (non-hydrogen) atoms. The van der Waals surface area contributed by atoms with Crippen LogP contribution >= 0.6 is 0 Å². The van der Waals surface area contributed by atoms with Crippen LogP contribution in [0.15, 0.2) is 24.5 Å². The second-order valence-electron chi connectivity index (χ2n) is 6.73. The third kappa shape index (κ3) is 10.4. The van der Waals surface area contributed by atoms with Gasteiger partial charge in [-0.3, -0.25) is 4.98 Å². The van der Waals surface area contributed by atoms with Gasteiger partial charge in [0.25, 0.3) is 0 Å². The van der Waals surface area contributed by atoms with E-state index in [2.05, 4.69) is 35.9 Å². The fourth-order valence-electron chi connectivity index (χ4n) is 3.09. The Morgan fingerprint density at radius 3 is 1.57 bits per heavy atom. The summed E-state index contributed by atoms with van der Waals surface area (Å²) in [5.74, 6) is 0. The molecule has 1 rings (SSSR count). The maximum absolute atomic E-state index is 4.16. The molecule has 0 amide bonds. The van der Waals surface area contributed by atoms with E-state index >= 15 is 0 Å². The summed E-state index contributed by atoms with van der Waals surface area (Å²) in [6, 6.07) is 4.32. The van der Waals surface area contributed by atoms with Gasteiger partial charge in [0.15, 0.2) is 0 Å². The third-order valence-corrected chi connectivity index (χ3v) is 4.59. The Morgan fingerprint density at radius 2 is 1.09 bits per heavy atom. The van der Waals surface area contributed by atoms with E-state index < -0.39 is 0 Å². The van der Waals surface area contributed by atoms with Crippen molar-refractivity contribution in [1.82, 2.24) is 4.98 Å². The van der Waals surface area contributed by atoms with Crippen molar-refractivity contribution in [1.29, 1.82) is 0 Å². The Kier molecular flexibility index (Phi) is 12.6. The van der Waals surface area contributed by atoms with Crippen molar-refractivity contribution in [3.8, 4) is 0 Å². The fourth-order valence-corrected chi connectivity index (χ4v) is 3.09. The van der Waals surface area contributed by atoms with Crippen molar-refractivity contribution in [3.05, 3.63) is 24.5 Å². The van der Waals surface area contributed by atoms with E-state index in [0.717, 1.165) is 0 Å². The maximum atomic E-state index is 4.16. The Hall–Kier alpha value is -1.05. The number of nitrogens with zero attached hydrogens (tertiary/aromatic N) is 2. The lowest BCUT2D eigenvalue weighted by Gasteiger charge is -2.25. The second-order valence-corrected chi connectivity index (χ2v) is 6.73. The first-order valence-electron chi connectivity index (χ1n) is 10.0. The first-order valence-corrected chi connectivity index (χ1v) is 10.0. The van der Waals surface area contributed by atoms with Gasteiger partial charge in [-0.05, 0) is 25.0 Å². The number of hydrogen-bond acceptors (Lipinski definition) is 2. The van der Waals surface area contributed by atoms with Gasteiger partial charge < -0.3 is 4.90 Å². The highest BCUT2D eigenvalue weighted by molar-refractivity contribution is 5.44. The first-order chi connectivity index (χ1) is 11.4. The first kappa shape index (κ1) is 20.0.